The molecule has 0 N–H and O–H groups in total. The summed E-state index contributed by atoms with van der Waals surface area (Å²) in [6, 6.07) is 0. The monoisotopic (exact) mass is 366 g/mol. The fourth-order valence-electron chi connectivity index (χ4n) is 4.25. The lowest BCUT2D eigenvalue weighted by atomic mass is 9.89. The van der Waals surface area contributed by atoms with Crippen LogP contribution in [-0.2, 0) is 0 Å². The summed E-state index contributed by atoms with van der Waals surface area (Å²) >= 11 is 0. The molecule has 0 spiro atoms. The van der Waals surface area contributed by atoms with E-state index >= 15 is 0 Å². The average molecular weight is 367 g/mol. The predicted octanol–water partition coefficient (Wildman–Crippen LogP) is 10.2. The van der Waals surface area contributed by atoms with Gasteiger partial charge in [-0.2, -0.15) is 0 Å². The second kappa shape index (κ2) is 23.0. The van der Waals surface area contributed by atoms with Gasteiger partial charge in [0.15, 0.2) is 0 Å². The van der Waals surface area contributed by atoms with E-state index in [-0.39, 0.29) is 0 Å². The van der Waals surface area contributed by atoms with Crippen molar-refractivity contribution in [2.45, 2.75) is 162 Å². The van der Waals surface area contributed by atoms with Crippen LogP contribution < -0.4 is 0 Å². The first-order valence-corrected chi connectivity index (χ1v) is 12.8. The molecular formula is C26H54. The normalized spacial score (nSPS) is 11.5. The summed E-state index contributed by atoms with van der Waals surface area (Å²) in [5.41, 5.74) is 0. The van der Waals surface area contributed by atoms with Crippen molar-refractivity contribution < 1.29 is 0 Å². The van der Waals surface area contributed by atoms with Crippen molar-refractivity contribution >= 4 is 0 Å². The van der Waals surface area contributed by atoms with Crippen LogP contribution in [0.2, 0.25) is 0 Å². The van der Waals surface area contributed by atoms with E-state index in [1.54, 1.807) is 0 Å². The van der Waals surface area contributed by atoms with E-state index in [9.17, 15) is 0 Å². The van der Waals surface area contributed by atoms with Crippen LogP contribution in [0.4, 0.5) is 0 Å². The van der Waals surface area contributed by atoms with E-state index in [1.165, 1.54) is 141 Å². The summed E-state index contributed by atoms with van der Waals surface area (Å²) in [7, 11) is 0. The molecule has 0 aromatic carbocycles. The highest BCUT2D eigenvalue weighted by Gasteiger charge is 2.08. The average Bonchev–Trinajstić information content (AvgIpc) is 2.65. The van der Waals surface area contributed by atoms with E-state index in [0.717, 1.165) is 5.92 Å². The smallest absolute Gasteiger partial charge is 0.0414 e. The zero-order chi connectivity index (χ0) is 19.1. The topological polar surface area (TPSA) is 0 Å². The van der Waals surface area contributed by atoms with Gasteiger partial charge in [0.2, 0.25) is 0 Å². The van der Waals surface area contributed by atoms with Gasteiger partial charge in [-0.05, 0) is 5.92 Å². The second-order valence-corrected chi connectivity index (χ2v) is 8.89. The molecule has 0 unspecified atom stereocenters. The van der Waals surface area contributed by atoms with Gasteiger partial charge in [-0.25, -0.2) is 0 Å². The molecule has 0 aliphatic heterocycles. The van der Waals surface area contributed by atoms with Crippen LogP contribution >= 0.6 is 0 Å². The number of hydrogen-bond donors (Lipinski definition) is 0. The molecule has 0 nitrogen and oxygen atoms in total. The van der Waals surface area contributed by atoms with Crippen molar-refractivity contribution in [3.63, 3.8) is 0 Å². The Kier molecular flexibility index (Phi) is 23.0. The van der Waals surface area contributed by atoms with E-state index in [1.807, 2.05) is 0 Å². The van der Waals surface area contributed by atoms with Gasteiger partial charge in [-0.15, -0.1) is 0 Å². The van der Waals surface area contributed by atoms with Crippen LogP contribution in [0.1, 0.15) is 162 Å². The molecule has 0 fully saturated rings. The van der Waals surface area contributed by atoms with Crippen LogP contribution in [0.3, 0.4) is 0 Å². The minimum Gasteiger partial charge on any atom is -0.0654 e. The molecule has 0 heterocycles. The van der Waals surface area contributed by atoms with Gasteiger partial charge < -0.3 is 0 Å². The molecule has 0 aliphatic rings. The van der Waals surface area contributed by atoms with E-state index in [2.05, 4.69) is 20.8 Å². The predicted molar refractivity (Wildman–Crippen MR) is 122 cm³/mol. The molecule has 0 aliphatic carbocycles. The summed E-state index contributed by atoms with van der Waals surface area (Å²) in [6.45, 7) is 6.96. The molecule has 0 heteroatoms. The third kappa shape index (κ3) is 20.3. The lowest BCUT2D eigenvalue weighted by molar-refractivity contribution is 0.367. The zero-order valence-electron chi connectivity index (χ0n) is 19.1. The molecule has 0 amide bonds. The molecule has 0 aromatic heterocycles. The SMILES string of the molecule is CCCCCCCCCCC(CCCCC)CCCCCCCCCC. The van der Waals surface area contributed by atoms with Crippen LogP contribution in [0, 0.1) is 5.92 Å². The van der Waals surface area contributed by atoms with Gasteiger partial charge in [-0.3, -0.25) is 0 Å². The summed E-state index contributed by atoms with van der Waals surface area (Å²) < 4.78 is 0. The molecule has 0 radical (unpaired) electrons. The quantitative estimate of drug-likeness (QED) is 0.167. The Morgan fingerprint density at radius 3 is 0.885 bits per heavy atom. The van der Waals surface area contributed by atoms with Crippen molar-refractivity contribution in [1.29, 1.82) is 0 Å². The lowest BCUT2D eigenvalue weighted by Crippen LogP contribution is -2.01. The molecule has 0 saturated heterocycles. The highest BCUT2D eigenvalue weighted by molar-refractivity contribution is 4.62. The van der Waals surface area contributed by atoms with Gasteiger partial charge in [0.1, 0.15) is 0 Å². The molecule has 158 valence electrons. The van der Waals surface area contributed by atoms with Gasteiger partial charge in [-0.1, -0.05) is 162 Å². The number of hydrogen-bond acceptors (Lipinski definition) is 0. The largest absolute Gasteiger partial charge is 0.0654 e. The molecular weight excluding hydrogens is 312 g/mol. The molecule has 0 bridgehead atoms. The first kappa shape index (κ1) is 26.0. The van der Waals surface area contributed by atoms with Crippen LogP contribution in [0.15, 0.2) is 0 Å². The maximum Gasteiger partial charge on any atom is -0.0414 e. The zero-order valence-corrected chi connectivity index (χ0v) is 19.1. The Balaban J connectivity index is 3.63. The second-order valence-electron chi connectivity index (χ2n) is 8.89. The minimum atomic E-state index is 1.04. The van der Waals surface area contributed by atoms with Crippen molar-refractivity contribution in [2.24, 2.45) is 5.92 Å². The van der Waals surface area contributed by atoms with Gasteiger partial charge >= 0.3 is 0 Å². The van der Waals surface area contributed by atoms with Crippen molar-refractivity contribution in [3.8, 4) is 0 Å². The summed E-state index contributed by atoms with van der Waals surface area (Å²) in [5.74, 6) is 1.04. The molecule has 26 heavy (non-hydrogen) atoms. The number of unbranched alkanes of at least 4 members (excludes halogenated alkanes) is 16. The molecule has 0 saturated carbocycles. The summed E-state index contributed by atoms with van der Waals surface area (Å²) in [4.78, 5) is 0. The standard InChI is InChI=1S/C26H54/c1-4-7-10-12-14-16-18-21-24-26(23-20-9-6-3)25-22-19-17-15-13-11-8-5-2/h26H,4-25H2,1-3H3. The maximum atomic E-state index is 2.34. The first-order valence-electron chi connectivity index (χ1n) is 12.8. The summed E-state index contributed by atoms with van der Waals surface area (Å²) in [5, 5.41) is 0. The Labute approximate surface area is 168 Å². The molecule has 0 rings (SSSR count). The molecule has 0 atom stereocenters. The Bertz CT molecular complexity index is 212. The van der Waals surface area contributed by atoms with Crippen molar-refractivity contribution in [1.82, 2.24) is 0 Å². The van der Waals surface area contributed by atoms with E-state index < -0.39 is 0 Å². The van der Waals surface area contributed by atoms with Gasteiger partial charge in [0.25, 0.3) is 0 Å². The third-order valence-corrected chi connectivity index (χ3v) is 6.15. The lowest BCUT2D eigenvalue weighted by Gasteiger charge is -2.17. The van der Waals surface area contributed by atoms with Crippen LogP contribution in [0.5, 0.6) is 0 Å². The van der Waals surface area contributed by atoms with Crippen molar-refractivity contribution in [3.05, 3.63) is 0 Å². The fourth-order valence-corrected chi connectivity index (χ4v) is 4.25. The highest BCUT2D eigenvalue weighted by Crippen LogP contribution is 2.24. The first-order chi connectivity index (χ1) is 12.8. The molecule has 0 aromatic rings. The third-order valence-electron chi connectivity index (χ3n) is 6.15. The maximum absolute atomic E-state index is 2.34. The van der Waals surface area contributed by atoms with E-state index in [4.69, 9.17) is 0 Å². The van der Waals surface area contributed by atoms with Crippen LogP contribution in [0.25, 0.3) is 0 Å². The Hall–Kier alpha value is 0. The van der Waals surface area contributed by atoms with Crippen molar-refractivity contribution in [2.75, 3.05) is 0 Å². The van der Waals surface area contributed by atoms with E-state index in [0.29, 0.717) is 0 Å². The van der Waals surface area contributed by atoms with Gasteiger partial charge in [0, 0.05) is 0 Å². The van der Waals surface area contributed by atoms with Crippen LogP contribution in [-0.4, -0.2) is 0 Å². The number of rotatable bonds is 22. The Morgan fingerprint density at radius 2 is 0.538 bits per heavy atom. The Morgan fingerprint density at radius 1 is 0.308 bits per heavy atom. The fraction of sp³-hybridized carbons (Fsp3) is 1.00. The minimum absolute atomic E-state index is 1.04. The summed E-state index contributed by atoms with van der Waals surface area (Å²) in [6.07, 6.45) is 32.3. The van der Waals surface area contributed by atoms with Gasteiger partial charge in [0.05, 0.1) is 0 Å². The highest BCUT2D eigenvalue weighted by atomic mass is 14.1.